The summed E-state index contributed by atoms with van der Waals surface area (Å²) in [4.78, 5) is 4.10. The van der Waals surface area contributed by atoms with Crippen molar-refractivity contribution in [2.45, 2.75) is 31.2 Å². The number of piperidine rings is 2. The molecule has 2 aliphatic heterocycles. The topological polar surface area (TPSA) is 67.2 Å². The first-order chi connectivity index (χ1) is 11.0. The molecule has 3 rings (SSSR count). The third-order valence-electron chi connectivity index (χ3n) is 5.00. The number of hydrogen-bond acceptors (Lipinski definition) is 5. The van der Waals surface area contributed by atoms with Gasteiger partial charge in [0.25, 0.3) is 0 Å². The van der Waals surface area contributed by atoms with E-state index in [0.717, 1.165) is 32.5 Å². The van der Waals surface area contributed by atoms with Gasteiger partial charge in [0.1, 0.15) is 11.9 Å². The van der Waals surface area contributed by atoms with E-state index in [1.807, 2.05) is 17.0 Å². The fourth-order valence-corrected chi connectivity index (χ4v) is 3.65. The maximum Gasteiger partial charge on any atom is 0.146 e. The van der Waals surface area contributed by atoms with E-state index < -0.39 is 18.3 Å². The largest absolute Gasteiger partial charge is 0.389 e. The van der Waals surface area contributed by atoms with Crippen LogP contribution in [0.2, 0.25) is 0 Å². The number of para-hydroxylation sites is 1. The highest BCUT2D eigenvalue weighted by Crippen LogP contribution is 2.26. The summed E-state index contributed by atoms with van der Waals surface area (Å²) in [6, 6.07) is 6.86. The fourth-order valence-electron chi connectivity index (χ4n) is 3.65. The normalized spacial score (nSPS) is 30.6. The van der Waals surface area contributed by atoms with Crippen LogP contribution >= 0.6 is 0 Å². The number of aliphatic hydroxyl groups is 3. The Morgan fingerprint density at radius 2 is 1.61 bits per heavy atom. The minimum Gasteiger partial charge on any atom is -0.389 e. The van der Waals surface area contributed by atoms with Gasteiger partial charge in [-0.2, -0.15) is 0 Å². The van der Waals surface area contributed by atoms with Crippen molar-refractivity contribution in [3.05, 3.63) is 30.1 Å². The Labute approximate surface area is 136 Å². The second kappa shape index (κ2) is 7.13. The van der Waals surface area contributed by atoms with Crippen molar-refractivity contribution < 1.29 is 19.7 Å². The van der Waals surface area contributed by atoms with Crippen molar-refractivity contribution in [2.75, 3.05) is 37.6 Å². The minimum atomic E-state index is -1.05. The molecule has 3 N–H and O–H groups in total. The molecule has 0 bridgehead atoms. The van der Waals surface area contributed by atoms with Crippen molar-refractivity contribution in [2.24, 2.45) is 5.92 Å². The minimum absolute atomic E-state index is 0.179. The summed E-state index contributed by atoms with van der Waals surface area (Å²) >= 11 is 0. The first-order valence-corrected chi connectivity index (χ1v) is 8.30. The van der Waals surface area contributed by atoms with Crippen LogP contribution in [0.3, 0.4) is 0 Å². The molecule has 1 aromatic carbocycles. The van der Waals surface area contributed by atoms with Crippen LogP contribution in [0.5, 0.6) is 0 Å². The second-order valence-corrected chi connectivity index (χ2v) is 6.73. The highest BCUT2D eigenvalue weighted by molar-refractivity contribution is 5.47. The predicted molar refractivity (Wildman–Crippen MR) is 85.8 cm³/mol. The maximum absolute atomic E-state index is 13.8. The van der Waals surface area contributed by atoms with Crippen LogP contribution in [-0.4, -0.2) is 71.3 Å². The van der Waals surface area contributed by atoms with Crippen LogP contribution in [0.1, 0.15) is 12.8 Å². The van der Waals surface area contributed by atoms with E-state index in [1.54, 1.807) is 6.07 Å². The first kappa shape index (κ1) is 16.6. The quantitative estimate of drug-likeness (QED) is 0.753. The Morgan fingerprint density at radius 3 is 2.22 bits per heavy atom. The smallest absolute Gasteiger partial charge is 0.146 e. The molecule has 0 aromatic heterocycles. The fraction of sp³-hybridized carbons (Fsp3) is 0.647. The van der Waals surface area contributed by atoms with Crippen molar-refractivity contribution in [1.29, 1.82) is 0 Å². The zero-order valence-electron chi connectivity index (χ0n) is 13.2. The number of hydrogen-bond donors (Lipinski definition) is 3. The van der Waals surface area contributed by atoms with Gasteiger partial charge in [0.05, 0.1) is 17.9 Å². The van der Waals surface area contributed by atoms with E-state index in [4.69, 9.17) is 0 Å². The molecule has 1 aromatic rings. The number of halogens is 1. The molecule has 2 fully saturated rings. The number of rotatable bonds is 3. The third kappa shape index (κ3) is 3.83. The molecule has 2 heterocycles. The summed E-state index contributed by atoms with van der Waals surface area (Å²) in [6.45, 7) is 3.21. The molecule has 5 nitrogen and oxygen atoms in total. The molecule has 2 unspecified atom stereocenters. The van der Waals surface area contributed by atoms with Gasteiger partial charge in [-0.05, 0) is 30.9 Å². The lowest BCUT2D eigenvalue weighted by molar-refractivity contribution is -0.112. The average Bonchev–Trinajstić information content (AvgIpc) is 2.54. The van der Waals surface area contributed by atoms with Crippen molar-refractivity contribution in [3.8, 4) is 0 Å². The number of benzene rings is 1. The average molecular weight is 324 g/mol. The molecule has 2 saturated heterocycles. The van der Waals surface area contributed by atoms with Gasteiger partial charge in [-0.25, -0.2) is 4.39 Å². The van der Waals surface area contributed by atoms with E-state index in [2.05, 4.69) is 4.90 Å². The van der Waals surface area contributed by atoms with Crippen LogP contribution in [0.4, 0.5) is 10.1 Å². The number of aliphatic hydroxyl groups excluding tert-OH is 3. The number of likely N-dealkylation sites (tertiary alicyclic amines) is 1. The lowest BCUT2D eigenvalue weighted by Crippen LogP contribution is -2.56. The second-order valence-electron chi connectivity index (χ2n) is 6.73. The first-order valence-electron chi connectivity index (χ1n) is 8.30. The Hall–Kier alpha value is -1.21. The summed E-state index contributed by atoms with van der Waals surface area (Å²) in [6.07, 6.45) is -0.914. The standard InChI is InChI=1S/C17H25FN2O3/c18-13-3-1-2-4-14(13)20-7-5-12(6-8-20)9-19-10-15(21)17(23)16(22)11-19/h1-4,12,15-17,21-23H,5-11H2. The van der Waals surface area contributed by atoms with Crippen molar-refractivity contribution >= 4 is 5.69 Å². The Morgan fingerprint density at radius 1 is 1.00 bits per heavy atom. The SMILES string of the molecule is OC1CN(CC2CCN(c3ccccc3F)CC2)CC(O)C1O. The highest BCUT2D eigenvalue weighted by atomic mass is 19.1. The molecular weight excluding hydrogens is 299 g/mol. The van der Waals surface area contributed by atoms with E-state index in [0.29, 0.717) is 24.7 Å². The van der Waals surface area contributed by atoms with Crippen LogP contribution in [0, 0.1) is 11.7 Å². The van der Waals surface area contributed by atoms with Crippen LogP contribution < -0.4 is 4.90 Å². The molecule has 6 heteroatoms. The van der Waals surface area contributed by atoms with Gasteiger partial charge < -0.3 is 20.2 Å². The zero-order valence-corrected chi connectivity index (χ0v) is 13.2. The van der Waals surface area contributed by atoms with E-state index in [1.165, 1.54) is 6.07 Å². The van der Waals surface area contributed by atoms with Crippen LogP contribution in [0.15, 0.2) is 24.3 Å². The Bertz CT molecular complexity index is 510. The summed E-state index contributed by atoms with van der Waals surface area (Å²) in [5.74, 6) is 0.287. The number of nitrogens with zero attached hydrogens (tertiary/aromatic N) is 2. The molecule has 2 atom stereocenters. The molecule has 0 aliphatic carbocycles. The van der Waals surface area contributed by atoms with Crippen molar-refractivity contribution in [1.82, 2.24) is 4.90 Å². The Kier molecular flexibility index (Phi) is 5.16. The zero-order chi connectivity index (χ0) is 16.4. The van der Waals surface area contributed by atoms with Gasteiger partial charge in [0.2, 0.25) is 0 Å². The molecule has 2 aliphatic rings. The Balaban J connectivity index is 1.51. The highest BCUT2D eigenvalue weighted by Gasteiger charge is 2.34. The van der Waals surface area contributed by atoms with Crippen molar-refractivity contribution in [3.63, 3.8) is 0 Å². The van der Waals surface area contributed by atoms with Crippen LogP contribution in [0.25, 0.3) is 0 Å². The van der Waals surface area contributed by atoms with Crippen LogP contribution in [-0.2, 0) is 0 Å². The van der Waals surface area contributed by atoms with Gasteiger partial charge in [-0.3, -0.25) is 4.90 Å². The van der Waals surface area contributed by atoms with E-state index in [9.17, 15) is 19.7 Å². The molecular formula is C17H25FN2O3. The summed E-state index contributed by atoms with van der Waals surface area (Å²) in [7, 11) is 0. The maximum atomic E-state index is 13.8. The van der Waals surface area contributed by atoms with E-state index in [-0.39, 0.29) is 5.82 Å². The van der Waals surface area contributed by atoms with Gasteiger partial charge in [-0.1, -0.05) is 12.1 Å². The summed E-state index contributed by atoms with van der Waals surface area (Å²) in [5.41, 5.74) is 0.665. The summed E-state index contributed by atoms with van der Waals surface area (Å²) < 4.78 is 13.8. The molecule has 128 valence electrons. The van der Waals surface area contributed by atoms with Gasteiger partial charge >= 0.3 is 0 Å². The molecule has 0 radical (unpaired) electrons. The van der Waals surface area contributed by atoms with E-state index >= 15 is 0 Å². The van der Waals surface area contributed by atoms with Gasteiger partial charge in [-0.15, -0.1) is 0 Å². The third-order valence-corrected chi connectivity index (χ3v) is 5.00. The lowest BCUT2D eigenvalue weighted by atomic mass is 9.93. The predicted octanol–water partition coefficient (Wildman–Crippen LogP) is 0.440. The number of anilines is 1. The summed E-state index contributed by atoms with van der Waals surface area (Å²) in [5, 5.41) is 29.1. The number of β-amino-alcohol motifs (C(OH)–C–C–N with tert-alkyl or cyclic N) is 2. The monoisotopic (exact) mass is 324 g/mol. The molecule has 0 spiro atoms. The lowest BCUT2D eigenvalue weighted by Gasteiger charge is -2.40. The molecule has 23 heavy (non-hydrogen) atoms. The molecule has 0 saturated carbocycles. The van der Waals surface area contributed by atoms with Gasteiger partial charge in [0.15, 0.2) is 0 Å². The van der Waals surface area contributed by atoms with Gasteiger partial charge in [0, 0.05) is 32.7 Å². The molecule has 0 amide bonds.